The van der Waals surface area contributed by atoms with E-state index in [1.807, 2.05) is 24.1 Å². The topological polar surface area (TPSA) is 70.6 Å². The van der Waals surface area contributed by atoms with Crippen molar-refractivity contribution in [3.63, 3.8) is 0 Å². The maximum Gasteiger partial charge on any atom is 0.317 e. The molecular formula is C18H25N5O2S. The summed E-state index contributed by atoms with van der Waals surface area (Å²) in [4.78, 5) is 26.4. The highest BCUT2D eigenvalue weighted by Crippen LogP contribution is 2.28. The number of amides is 2. The van der Waals surface area contributed by atoms with Gasteiger partial charge in [0.15, 0.2) is 0 Å². The molecule has 0 bridgehead atoms. The molecule has 1 aliphatic carbocycles. The Bertz CT molecular complexity index is 766. The van der Waals surface area contributed by atoms with Gasteiger partial charge < -0.3 is 19.9 Å². The lowest BCUT2D eigenvalue weighted by molar-refractivity contribution is -0.0481. The average molecular weight is 375 g/mol. The van der Waals surface area contributed by atoms with E-state index in [-0.39, 0.29) is 18.2 Å². The van der Waals surface area contributed by atoms with Crippen molar-refractivity contribution in [1.29, 1.82) is 0 Å². The molecule has 0 spiro atoms. The Morgan fingerprint density at radius 2 is 2.04 bits per heavy atom. The number of nitrogens with zero attached hydrogens (tertiary/aromatic N) is 4. The molecule has 0 atom stereocenters. The molecule has 2 aliphatic rings. The van der Waals surface area contributed by atoms with Gasteiger partial charge in [-0.3, -0.25) is 0 Å². The number of carbonyl (C=O) groups is 1. The van der Waals surface area contributed by atoms with Crippen LogP contribution in [0.1, 0.15) is 26.7 Å². The fourth-order valence-electron chi connectivity index (χ4n) is 3.60. The number of hydrogen-bond acceptors (Lipinski definition) is 6. The average Bonchev–Trinajstić information content (AvgIpc) is 3.08. The summed E-state index contributed by atoms with van der Waals surface area (Å²) in [5.41, 5.74) is 0. The monoisotopic (exact) mass is 375 g/mol. The molecule has 2 amide bonds. The molecule has 1 aliphatic heterocycles. The van der Waals surface area contributed by atoms with Crippen LogP contribution < -0.4 is 10.2 Å². The van der Waals surface area contributed by atoms with Crippen LogP contribution >= 0.6 is 11.3 Å². The maximum absolute atomic E-state index is 12.5. The summed E-state index contributed by atoms with van der Waals surface area (Å²) in [7, 11) is 0. The number of anilines is 1. The van der Waals surface area contributed by atoms with Crippen LogP contribution in [0.15, 0.2) is 17.8 Å². The highest BCUT2D eigenvalue weighted by atomic mass is 32.1. The maximum atomic E-state index is 12.5. The first-order valence-corrected chi connectivity index (χ1v) is 10.1. The van der Waals surface area contributed by atoms with Crippen molar-refractivity contribution in [2.24, 2.45) is 0 Å². The van der Waals surface area contributed by atoms with Gasteiger partial charge in [0.1, 0.15) is 17.0 Å². The summed E-state index contributed by atoms with van der Waals surface area (Å²) in [6.45, 7) is 7.10. The largest absolute Gasteiger partial charge is 0.375 e. The number of carbonyl (C=O) groups excluding carboxylic acids is 1. The van der Waals surface area contributed by atoms with Crippen LogP contribution in [-0.2, 0) is 4.74 Å². The fourth-order valence-corrected chi connectivity index (χ4v) is 4.32. The van der Waals surface area contributed by atoms with E-state index < -0.39 is 0 Å². The first-order valence-electron chi connectivity index (χ1n) is 9.24. The zero-order valence-corrected chi connectivity index (χ0v) is 16.0. The summed E-state index contributed by atoms with van der Waals surface area (Å²) in [6, 6.07) is 2.36. The molecule has 0 radical (unpaired) electrons. The molecule has 140 valence electrons. The second-order valence-corrected chi connectivity index (χ2v) is 8.13. The number of nitrogens with one attached hydrogen (secondary N) is 1. The summed E-state index contributed by atoms with van der Waals surface area (Å²) in [6.07, 6.45) is 4.01. The summed E-state index contributed by atoms with van der Waals surface area (Å²) in [5.74, 6) is 0.976. The third kappa shape index (κ3) is 3.61. The molecule has 7 nitrogen and oxygen atoms in total. The van der Waals surface area contributed by atoms with Crippen LogP contribution in [0.3, 0.4) is 0 Å². The highest BCUT2D eigenvalue weighted by Gasteiger charge is 2.33. The summed E-state index contributed by atoms with van der Waals surface area (Å²) >= 11 is 1.63. The van der Waals surface area contributed by atoms with Crippen LogP contribution in [0.5, 0.6) is 0 Å². The Morgan fingerprint density at radius 1 is 1.27 bits per heavy atom. The van der Waals surface area contributed by atoms with Gasteiger partial charge in [-0.1, -0.05) is 0 Å². The van der Waals surface area contributed by atoms with E-state index in [0.29, 0.717) is 19.2 Å². The predicted octanol–water partition coefficient (Wildman–Crippen LogP) is 2.48. The number of hydrogen-bond donors (Lipinski definition) is 1. The summed E-state index contributed by atoms with van der Waals surface area (Å²) in [5, 5.41) is 6.28. The number of piperazine rings is 1. The first-order chi connectivity index (χ1) is 12.6. The van der Waals surface area contributed by atoms with Gasteiger partial charge in [0.2, 0.25) is 0 Å². The number of fused-ring (bicyclic) bond motifs is 1. The molecule has 2 aromatic rings. The van der Waals surface area contributed by atoms with Gasteiger partial charge in [-0.25, -0.2) is 14.8 Å². The van der Waals surface area contributed by atoms with Gasteiger partial charge in [0.25, 0.3) is 0 Å². The van der Waals surface area contributed by atoms with Gasteiger partial charge in [-0.05, 0) is 38.1 Å². The van der Waals surface area contributed by atoms with Crippen LogP contribution in [0, 0.1) is 0 Å². The van der Waals surface area contributed by atoms with E-state index >= 15 is 0 Å². The molecule has 2 aromatic heterocycles. The van der Waals surface area contributed by atoms with E-state index in [1.54, 1.807) is 17.7 Å². The van der Waals surface area contributed by atoms with Gasteiger partial charge in [-0.2, -0.15) is 0 Å². The molecule has 1 N–H and O–H groups in total. The van der Waals surface area contributed by atoms with E-state index in [0.717, 1.165) is 42.0 Å². The SMILES string of the molecule is CC(C)OC1CC(NC(=O)N2CCN(c3ncnc4sccc34)CC2)C1. The lowest BCUT2D eigenvalue weighted by atomic mass is 9.89. The quantitative estimate of drug-likeness (QED) is 0.889. The Balaban J connectivity index is 1.27. The van der Waals surface area contributed by atoms with Crippen molar-refractivity contribution in [1.82, 2.24) is 20.2 Å². The van der Waals surface area contributed by atoms with Crippen LogP contribution in [0.25, 0.3) is 10.2 Å². The van der Waals surface area contributed by atoms with Gasteiger partial charge in [-0.15, -0.1) is 11.3 Å². The minimum atomic E-state index is 0.0426. The molecule has 3 heterocycles. The molecule has 8 heteroatoms. The minimum Gasteiger partial charge on any atom is -0.375 e. The molecule has 0 aromatic carbocycles. The Labute approximate surface area is 157 Å². The third-order valence-corrected chi connectivity index (χ3v) is 5.81. The predicted molar refractivity (Wildman–Crippen MR) is 103 cm³/mol. The Kier molecular flexibility index (Phi) is 4.95. The van der Waals surface area contributed by atoms with E-state index in [4.69, 9.17) is 4.74 Å². The molecule has 4 rings (SSSR count). The molecule has 26 heavy (non-hydrogen) atoms. The van der Waals surface area contributed by atoms with Gasteiger partial charge >= 0.3 is 6.03 Å². The summed E-state index contributed by atoms with van der Waals surface area (Å²) < 4.78 is 5.75. The Hall–Kier alpha value is -1.93. The van der Waals surface area contributed by atoms with Crippen molar-refractivity contribution in [2.45, 2.75) is 44.9 Å². The number of ether oxygens (including phenoxy) is 1. The number of thiophene rings is 1. The van der Waals surface area contributed by atoms with Crippen molar-refractivity contribution in [3.8, 4) is 0 Å². The zero-order valence-electron chi connectivity index (χ0n) is 15.2. The van der Waals surface area contributed by atoms with Crippen LogP contribution in [0.2, 0.25) is 0 Å². The van der Waals surface area contributed by atoms with Gasteiger partial charge in [0, 0.05) is 32.2 Å². The lowest BCUT2D eigenvalue weighted by Gasteiger charge is -2.40. The minimum absolute atomic E-state index is 0.0426. The van der Waals surface area contributed by atoms with E-state index in [1.165, 1.54) is 0 Å². The lowest BCUT2D eigenvalue weighted by Crippen LogP contribution is -2.56. The second-order valence-electron chi connectivity index (χ2n) is 7.24. The molecule has 1 saturated heterocycles. The molecule has 1 saturated carbocycles. The van der Waals surface area contributed by atoms with Crippen molar-refractivity contribution >= 4 is 33.4 Å². The molecular weight excluding hydrogens is 350 g/mol. The number of aromatic nitrogens is 2. The zero-order chi connectivity index (χ0) is 18.1. The van der Waals surface area contributed by atoms with Crippen molar-refractivity contribution < 1.29 is 9.53 Å². The second kappa shape index (κ2) is 7.36. The smallest absolute Gasteiger partial charge is 0.317 e. The normalized spacial score (nSPS) is 23.3. The third-order valence-electron chi connectivity index (χ3n) is 4.99. The van der Waals surface area contributed by atoms with Crippen molar-refractivity contribution in [3.05, 3.63) is 17.8 Å². The highest BCUT2D eigenvalue weighted by molar-refractivity contribution is 7.16. The number of rotatable bonds is 4. The standard InChI is InChI=1S/C18H25N5O2S/c1-12(2)25-14-9-13(10-14)21-18(24)23-6-4-22(5-7-23)16-15-3-8-26-17(15)20-11-19-16/h3,8,11-14H,4-7,9-10H2,1-2H3,(H,21,24). The molecule has 2 fully saturated rings. The van der Waals surface area contributed by atoms with Crippen LogP contribution in [0.4, 0.5) is 10.6 Å². The first kappa shape index (κ1) is 17.5. The Morgan fingerprint density at radius 3 is 2.77 bits per heavy atom. The van der Waals surface area contributed by atoms with Gasteiger partial charge in [0.05, 0.1) is 17.6 Å². The molecule has 0 unspecified atom stereocenters. The van der Waals surface area contributed by atoms with Crippen LogP contribution in [-0.4, -0.2) is 65.3 Å². The number of urea groups is 1. The fraction of sp³-hybridized carbons (Fsp3) is 0.611. The van der Waals surface area contributed by atoms with E-state index in [2.05, 4.69) is 26.3 Å². The van der Waals surface area contributed by atoms with E-state index in [9.17, 15) is 4.79 Å². The van der Waals surface area contributed by atoms with Crippen molar-refractivity contribution in [2.75, 3.05) is 31.1 Å².